The van der Waals surface area contributed by atoms with Gasteiger partial charge in [0.25, 0.3) is 0 Å². The Morgan fingerprint density at radius 1 is 1.50 bits per heavy atom. The molecule has 90 valence electrons. The minimum Gasteiger partial charge on any atom is -0.357 e. The monoisotopic (exact) mass is 305 g/mol. The lowest BCUT2D eigenvalue weighted by Gasteiger charge is -2.19. The Morgan fingerprint density at radius 3 is 2.88 bits per heavy atom. The number of nitrogens with one attached hydrogen (secondary N) is 1. The predicted octanol–water partition coefficient (Wildman–Crippen LogP) is 2.93. The molecule has 0 aliphatic carbocycles. The average molecular weight is 307 g/mol. The van der Waals surface area contributed by atoms with Crippen LogP contribution in [0.2, 0.25) is 5.02 Å². The van der Waals surface area contributed by atoms with E-state index in [1.165, 1.54) is 0 Å². The van der Waals surface area contributed by atoms with Crippen LogP contribution in [0.3, 0.4) is 0 Å². The molecule has 3 nitrogen and oxygen atoms in total. The highest BCUT2D eigenvalue weighted by Gasteiger charge is 2.07. The Labute approximate surface area is 110 Å². The first-order chi connectivity index (χ1) is 7.65. The SMILES string of the molecule is CCCNCCN(C)c1ncc(Cl)cc1Br. The van der Waals surface area contributed by atoms with Gasteiger partial charge in [-0.05, 0) is 35.0 Å². The van der Waals surface area contributed by atoms with Crippen LogP contribution in [0, 0.1) is 0 Å². The first kappa shape index (κ1) is 13.7. The molecule has 5 heteroatoms. The van der Waals surface area contributed by atoms with Crippen molar-refractivity contribution in [1.82, 2.24) is 10.3 Å². The number of nitrogens with zero attached hydrogens (tertiary/aromatic N) is 2. The fourth-order valence-corrected chi connectivity index (χ4v) is 2.28. The zero-order chi connectivity index (χ0) is 12.0. The summed E-state index contributed by atoms with van der Waals surface area (Å²) in [5.41, 5.74) is 0. The number of hydrogen-bond donors (Lipinski definition) is 1. The molecule has 1 N–H and O–H groups in total. The van der Waals surface area contributed by atoms with Gasteiger partial charge in [-0.2, -0.15) is 0 Å². The Hall–Kier alpha value is -0.320. The van der Waals surface area contributed by atoms with Crippen molar-refractivity contribution in [1.29, 1.82) is 0 Å². The molecule has 0 unspecified atom stereocenters. The number of anilines is 1. The van der Waals surface area contributed by atoms with E-state index in [1.54, 1.807) is 6.20 Å². The number of halogens is 2. The second kappa shape index (κ2) is 7.09. The van der Waals surface area contributed by atoms with Crippen molar-refractivity contribution < 1.29 is 0 Å². The molecule has 0 aliphatic heterocycles. The summed E-state index contributed by atoms with van der Waals surface area (Å²) < 4.78 is 0.929. The van der Waals surface area contributed by atoms with E-state index in [2.05, 4.69) is 38.1 Å². The third kappa shape index (κ3) is 4.28. The summed E-state index contributed by atoms with van der Waals surface area (Å²) >= 11 is 9.31. The molecule has 0 aliphatic rings. The summed E-state index contributed by atoms with van der Waals surface area (Å²) in [6.45, 7) is 5.10. The fourth-order valence-electron chi connectivity index (χ4n) is 1.34. The van der Waals surface area contributed by atoms with Crippen molar-refractivity contribution in [2.45, 2.75) is 13.3 Å². The van der Waals surface area contributed by atoms with Gasteiger partial charge in [0.15, 0.2) is 0 Å². The van der Waals surface area contributed by atoms with E-state index in [0.29, 0.717) is 5.02 Å². The lowest BCUT2D eigenvalue weighted by atomic mass is 10.4. The van der Waals surface area contributed by atoms with Gasteiger partial charge in [0.05, 0.1) is 9.50 Å². The zero-order valence-electron chi connectivity index (χ0n) is 9.63. The van der Waals surface area contributed by atoms with Crippen molar-refractivity contribution >= 4 is 33.3 Å². The van der Waals surface area contributed by atoms with Crippen molar-refractivity contribution in [3.8, 4) is 0 Å². The van der Waals surface area contributed by atoms with Gasteiger partial charge in [0, 0.05) is 26.3 Å². The molecule has 1 aromatic heterocycles. The van der Waals surface area contributed by atoms with Gasteiger partial charge < -0.3 is 10.2 Å². The number of hydrogen-bond acceptors (Lipinski definition) is 3. The van der Waals surface area contributed by atoms with Crippen LogP contribution in [0.25, 0.3) is 0 Å². The highest BCUT2D eigenvalue weighted by atomic mass is 79.9. The third-order valence-corrected chi connectivity index (χ3v) is 2.99. The molecule has 16 heavy (non-hydrogen) atoms. The molecule has 1 heterocycles. The minimum atomic E-state index is 0.646. The fraction of sp³-hybridized carbons (Fsp3) is 0.545. The molecule has 1 rings (SSSR count). The maximum absolute atomic E-state index is 5.84. The maximum Gasteiger partial charge on any atom is 0.142 e. The van der Waals surface area contributed by atoms with E-state index in [-0.39, 0.29) is 0 Å². The summed E-state index contributed by atoms with van der Waals surface area (Å²) in [5, 5.41) is 4.00. The van der Waals surface area contributed by atoms with E-state index in [4.69, 9.17) is 11.6 Å². The van der Waals surface area contributed by atoms with E-state index in [1.807, 2.05) is 13.1 Å². The first-order valence-electron chi connectivity index (χ1n) is 5.38. The van der Waals surface area contributed by atoms with E-state index in [0.717, 1.165) is 36.3 Å². The normalized spacial score (nSPS) is 10.5. The van der Waals surface area contributed by atoms with Gasteiger partial charge in [0.1, 0.15) is 5.82 Å². The molecular weight excluding hydrogens is 289 g/mol. The van der Waals surface area contributed by atoms with Gasteiger partial charge in [0.2, 0.25) is 0 Å². The molecule has 1 aromatic rings. The first-order valence-corrected chi connectivity index (χ1v) is 6.55. The van der Waals surface area contributed by atoms with E-state index < -0.39 is 0 Å². The predicted molar refractivity (Wildman–Crippen MR) is 73.4 cm³/mol. The van der Waals surface area contributed by atoms with Gasteiger partial charge >= 0.3 is 0 Å². The highest BCUT2D eigenvalue weighted by Crippen LogP contribution is 2.25. The second-order valence-electron chi connectivity index (χ2n) is 3.63. The summed E-state index contributed by atoms with van der Waals surface area (Å²) in [6, 6.07) is 1.86. The van der Waals surface area contributed by atoms with Crippen LogP contribution in [0.4, 0.5) is 5.82 Å². The molecule has 0 aromatic carbocycles. The number of likely N-dealkylation sites (N-methyl/N-ethyl adjacent to an activating group) is 1. The van der Waals surface area contributed by atoms with Crippen molar-refractivity contribution in [2.75, 3.05) is 31.6 Å². The molecule has 0 atom stereocenters. The largest absolute Gasteiger partial charge is 0.357 e. The summed E-state index contributed by atoms with van der Waals surface area (Å²) in [5.74, 6) is 0.919. The molecule has 0 amide bonds. The molecule has 0 fully saturated rings. The van der Waals surface area contributed by atoms with Crippen molar-refractivity contribution in [3.63, 3.8) is 0 Å². The summed E-state index contributed by atoms with van der Waals surface area (Å²) in [6.07, 6.45) is 2.82. The summed E-state index contributed by atoms with van der Waals surface area (Å²) in [4.78, 5) is 6.40. The molecule has 0 saturated heterocycles. The molecule has 0 saturated carbocycles. The van der Waals surface area contributed by atoms with Crippen LogP contribution in [0.15, 0.2) is 16.7 Å². The summed E-state index contributed by atoms with van der Waals surface area (Å²) in [7, 11) is 2.02. The Kier molecular flexibility index (Phi) is 6.09. The van der Waals surface area contributed by atoms with E-state index in [9.17, 15) is 0 Å². The number of aromatic nitrogens is 1. The van der Waals surface area contributed by atoms with Gasteiger partial charge in [-0.1, -0.05) is 18.5 Å². The van der Waals surface area contributed by atoms with Gasteiger partial charge in [-0.3, -0.25) is 0 Å². The van der Waals surface area contributed by atoms with Gasteiger partial charge in [-0.15, -0.1) is 0 Å². The van der Waals surface area contributed by atoms with Crippen molar-refractivity contribution in [2.24, 2.45) is 0 Å². The maximum atomic E-state index is 5.84. The highest BCUT2D eigenvalue weighted by molar-refractivity contribution is 9.10. The van der Waals surface area contributed by atoms with Crippen LogP contribution < -0.4 is 10.2 Å². The van der Waals surface area contributed by atoms with Crippen LogP contribution in [-0.2, 0) is 0 Å². The number of pyridine rings is 1. The quantitative estimate of drug-likeness (QED) is 0.819. The molecule has 0 bridgehead atoms. The number of rotatable bonds is 6. The smallest absolute Gasteiger partial charge is 0.142 e. The standard InChI is InChI=1S/C11H17BrClN3/c1-3-4-14-5-6-16(2)11-10(12)7-9(13)8-15-11/h7-8,14H,3-6H2,1-2H3. The molecule has 0 radical (unpaired) electrons. The molecule has 0 spiro atoms. The minimum absolute atomic E-state index is 0.646. The average Bonchev–Trinajstić information content (AvgIpc) is 2.24. The van der Waals surface area contributed by atoms with E-state index >= 15 is 0 Å². The van der Waals surface area contributed by atoms with Crippen LogP contribution >= 0.6 is 27.5 Å². The topological polar surface area (TPSA) is 28.2 Å². The zero-order valence-corrected chi connectivity index (χ0v) is 12.0. The van der Waals surface area contributed by atoms with Gasteiger partial charge in [-0.25, -0.2) is 4.98 Å². The van der Waals surface area contributed by atoms with Crippen LogP contribution in [0.1, 0.15) is 13.3 Å². The Balaban J connectivity index is 2.49. The lowest BCUT2D eigenvalue weighted by molar-refractivity contribution is 0.663. The second-order valence-corrected chi connectivity index (χ2v) is 4.92. The van der Waals surface area contributed by atoms with Crippen LogP contribution in [0.5, 0.6) is 0 Å². The lowest BCUT2D eigenvalue weighted by Crippen LogP contribution is -2.30. The Morgan fingerprint density at radius 2 is 2.25 bits per heavy atom. The third-order valence-electron chi connectivity index (χ3n) is 2.20. The molecular formula is C11H17BrClN3. The van der Waals surface area contributed by atoms with Crippen molar-refractivity contribution in [3.05, 3.63) is 21.8 Å². The van der Waals surface area contributed by atoms with Crippen LogP contribution in [-0.4, -0.2) is 31.7 Å². The Bertz CT molecular complexity index is 333.